The number of halogens is 1. The molecule has 0 aromatic heterocycles. The summed E-state index contributed by atoms with van der Waals surface area (Å²) in [5.41, 5.74) is 0.820. The van der Waals surface area contributed by atoms with Crippen LogP contribution in [0.4, 0.5) is 0 Å². The molecule has 0 spiro atoms. The van der Waals surface area contributed by atoms with Crippen LogP contribution in [-0.4, -0.2) is 21.3 Å². The van der Waals surface area contributed by atoms with Gasteiger partial charge >= 0.3 is 5.97 Å². The van der Waals surface area contributed by atoms with Crippen LogP contribution in [0.5, 0.6) is 17.2 Å². The number of esters is 1. The summed E-state index contributed by atoms with van der Waals surface area (Å²) in [6, 6.07) is 20.2. The van der Waals surface area contributed by atoms with Crippen LogP contribution in [-0.2, 0) is 11.3 Å². The molecule has 0 unspecified atom stereocenters. The summed E-state index contributed by atoms with van der Waals surface area (Å²) in [7, 11) is 0. The summed E-state index contributed by atoms with van der Waals surface area (Å²) < 4.78 is 6.23. The third-order valence-corrected chi connectivity index (χ3v) is 5.28. The van der Waals surface area contributed by atoms with Crippen molar-refractivity contribution in [2.45, 2.75) is 6.61 Å². The highest BCUT2D eigenvalue weighted by molar-refractivity contribution is 9.10. The molecule has 4 rings (SSSR count). The van der Waals surface area contributed by atoms with E-state index in [2.05, 4.69) is 15.9 Å². The lowest BCUT2D eigenvalue weighted by atomic mass is 9.92. The molecule has 0 heterocycles. The maximum Gasteiger partial charge on any atom is 0.343 e. The Morgan fingerprint density at radius 3 is 2.23 bits per heavy atom. The van der Waals surface area contributed by atoms with Gasteiger partial charge in [0, 0.05) is 15.6 Å². The van der Waals surface area contributed by atoms with Gasteiger partial charge in [0.05, 0.1) is 0 Å². The van der Waals surface area contributed by atoms with E-state index in [-0.39, 0.29) is 40.5 Å². The van der Waals surface area contributed by atoms with Crippen LogP contribution in [0.15, 0.2) is 77.3 Å². The Hall–Kier alpha value is -3.51. The van der Waals surface area contributed by atoms with Crippen LogP contribution >= 0.6 is 15.9 Å². The van der Waals surface area contributed by atoms with Crippen molar-refractivity contribution in [1.29, 1.82) is 0 Å². The number of hydrogen-bond donors (Lipinski definition) is 3. The number of aromatic hydroxyl groups is 3. The van der Waals surface area contributed by atoms with Gasteiger partial charge in [-0.3, -0.25) is 0 Å². The first-order valence-electron chi connectivity index (χ1n) is 9.13. The quantitative estimate of drug-likeness (QED) is 0.264. The fraction of sp³-hybridized carbons (Fsp3) is 0.0417. The molecule has 0 aliphatic rings. The fourth-order valence-corrected chi connectivity index (χ4v) is 3.77. The van der Waals surface area contributed by atoms with Crippen LogP contribution in [0.3, 0.4) is 0 Å². The number of fused-ring (bicyclic) bond motifs is 1. The van der Waals surface area contributed by atoms with Gasteiger partial charge in [-0.25, -0.2) is 4.79 Å². The number of phenolic OH excluding ortho intramolecular Hbond substituents is 3. The molecule has 6 heteroatoms. The zero-order chi connectivity index (χ0) is 21.3. The van der Waals surface area contributed by atoms with Crippen molar-refractivity contribution in [2.24, 2.45) is 0 Å². The Morgan fingerprint density at radius 2 is 1.47 bits per heavy atom. The van der Waals surface area contributed by atoms with Gasteiger partial charge < -0.3 is 20.1 Å². The van der Waals surface area contributed by atoms with Crippen LogP contribution < -0.4 is 0 Å². The first-order valence-corrected chi connectivity index (χ1v) is 9.92. The molecule has 3 N–H and O–H groups in total. The lowest BCUT2D eigenvalue weighted by molar-refractivity contribution is 0.0470. The summed E-state index contributed by atoms with van der Waals surface area (Å²) in [6.45, 7) is 0.00265. The molecule has 0 saturated carbocycles. The maximum absolute atomic E-state index is 12.9. The largest absolute Gasteiger partial charge is 0.507 e. The molecule has 0 radical (unpaired) electrons. The average Bonchev–Trinajstić information content (AvgIpc) is 2.74. The molecule has 0 bridgehead atoms. The molecule has 0 aliphatic carbocycles. The molecule has 4 aromatic carbocycles. The second-order valence-corrected chi connectivity index (χ2v) is 7.66. The molecule has 0 saturated heterocycles. The standard InChI is InChI=1S/C24H17BrO5/c25-16-7-8-17-15(12-16)6-9-18(26)21(17)22-19(27)10-11-20(28)23(22)24(29)30-13-14-4-2-1-3-5-14/h1-12,26-28H,13H2. The third-order valence-electron chi connectivity index (χ3n) is 4.79. The fourth-order valence-electron chi connectivity index (χ4n) is 3.39. The lowest BCUT2D eigenvalue weighted by Gasteiger charge is -2.16. The van der Waals surface area contributed by atoms with Crippen LogP contribution in [0.2, 0.25) is 0 Å². The van der Waals surface area contributed by atoms with Crippen LogP contribution in [0.1, 0.15) is 15.9 Å². The Morgan fingerprint density at radius 1 is 0.800 bits per heavy atom. The Bertz CT molecular complexity index is 1250. The highest BCUT2D eigenvalue weighted by atomic mass is 79.9. The minimum absolute atomic E-state index is 0.00265. The minimum atomic E-state index is -0.809. The number of carbonyl (C=O) groups is 1. The van der Waals surface area contributed by atoms with Gasteiger partial charge in [-0.2, -0.15) is 0 Å². The van der Waals surface area contributed by atoms with E-state index in [0.29, 0.717) is 5.39 Å². The van der Waals surface area contributed by atoms with E-state index < -0.39 is 5.97 Å². The summed E-state index contributed by atoms with van der Waals surface area (Å²) in [4.78, 5) is 12.9. The minimum Gasteiger partial charge on any atom is -0.507 e. The molecule has 0 amide bonds. The molecule has 5 nitrogen and oxygen atoms in total. The maximum atomic E-state index is 12.9. The molecule has 4 aromatic rings. The monoisotopic (exact) mass is 464 g/mol. The SMILES string of the molecule is O=C(OCc1ccccc1)c1c(O)ccc(O)c1-c1c(O)ccc2cc(Br)ccc12. The zero-order valence-corrected chi connectivity index (χ0v) is 17.3. The number of rotatable bonds is 4. The van der Waals surface area contributed by atoms with E-state index in [1.54, 1.807) is 18.2 Å². The summed E-state index contributed by atoms with van der Waals surface area (Å²) >= 11 is 3.41. The van der Waals surface area contributed by atoms with Gasteiger partial charge in [-0.1, -0.05) is 58.4 Å². The van der Waals surface area contributed by atoms with E-state index in [9.17, 15) is 20.1 Å². The highest BCUT2D eigenvalue weighted by Gasteiger charge is 2.26. The molecular formula is C24H17BrO5. The average molecular weight is 465 g/mol. The van der Waals surface area contributed by atoms with Gasteiger partial charge in [0.1, 0.15) is 29.4 Å². The molecule has 150 valence electrons. The van der Waals surface area contributed by atoms with Crippen molar-refractivity contribution in [3.8, 4) is 28.4 Å². The first-order chi connectivity index (χ1) is 14.5. The molecule has 30 heavy (non-hydrogen) atoms. The van der Waals surface area contributed by atoms with Crippen molar-refractivity contribution >= 4 is 32.7 Å². The Balaban J connectivity index is 1.86. The number of hydrogen-bond acceptors (Lipinski definition) is 5. The van der Waals surface area contributed by atoms with Gasteiger partial charge in [-0.05, 0) is 46.7 Å². The molecular weight excluding hydrogens is 448 g/mol. The Kier molecular flexibility index (Phi) is 5.33. The van der Waals surface area contributed by atoms with Gasteiger partial charge in [-0.15, -0.1) is 0 Å². The highest BCUT2D eigenvalue weighted by Crippen LogP contribution is 2.45. The molecule has 0 aliphatic heterocycles. The lowest BCUT2D eigenvalue weighted by Crippen LogP contribution is -2.08. The van der Waals surface area contributed by atoms with Crippen molar-refractivity contribution in [1.82, 2.24) is 0 Å². The second kappa shape index (κ2) is 8.08. The van der Waals surface area contributed by atoms with Crippen LogP contribution in [0, 0.1) is 0 Å². The predicted molar refractivity (Wildman–Crippen MR) is 118 cm³/mol. The van der Waals surface area contributed by atoms with Crippen molar-refractivity contribution in [2.75, 3.05) is 0 Å². The third kappa shape index (κ3) is 3.69. The Labute approximate surface area is 180 Å². The second-order valence-electron chi connectivity index (χ2n) is 6.74. The topological polar surface area (TPSA) is 87.0 Å². The van der Waals surface area contributed by atoms with Gasteiger partial charge in [0.15, 0.2) is 0 Å². The predicted octanol–water partition coefficient (Wildman–Crippen LogP) is 5.74. The summed E-state index contributed by atoms with van der Waals surface area (Å²) in [5.74, 6) is -1.56. The van der Waals surface area contributed by atoms with E-state index in [1.165, 1.54) is 18.2 Å². The van der Waals surface area contributed by atoms with E-state index in [1.807, 2.05) is 36.4 Å². The van der Waals surface area contributed by atoms with Crippen molar-refractivity contribution in [3.63, 3.8) is 0 Å². The van der Waals surface area contributed by atoms with E-state index in [0.717, 1.165) is 15.4 Å². The van der Waals surface area contributed by atoms with Crippen molar-refractivity contribution in [3.05, 3.63) is 88.4 Å². The van der Waals surface area contributed by atoms with E-state index in [4.69, 9.17) is 4.74 Å². The summed E-state index contributed by atoms with van der Waals surface area (Å²) in [6.07, 6.45) is 0. The number of carbonyl (C=O) groups excluding carboxylic acids is 1. The van der Waals surface area contributed by atoms with Crippen LogP contribution in [0.25, 0.3) is 21.9 Å². The first kappa shape index (κ1) is 19.8. The summed E-state index contributed by atoms with van der Waals surface area (Å²) in [5, 5.41) is 33.0. The van der Waals surface area contributed by atoms with Crippen molar-refractivity contribution < 1.29 is 24.9 Å². The number of phenols is 3. The number of benzene rings is 4. The number of ether oxygens (including phenoxy) is 1. The van der Waals surface area contributed by atoms with Gasteiger partial charge in [0.25, 0.3) is 0 Å². The normalized spacial score (nSPS) is 10.8. The smallest absolute Gasteiger partial charge is 0.343 e. The van der Waals surface area contributed by atoms with E-state index >= 15 is 0 Å². The van der Waals surface area contributed by atoms with Gasteiger partial charge in [0.2, 0.25) is 0 Å². The zero-order valence-electron chi connectivity index (χ0n) is 15.7. The molecule has 0 atom stereocenters. The molecule has 0 fully saturated rings.